The van der Waals surface area contributed by atoms with Gasteiger partial charge in [-0.15, -0.1) is 0 Å². The Morgan fingerprint density at radius 1 is 1.00 bits per heavy atom. The van der Waals surface area contributed by atoms with Crippen molar-refractivity contribution in [2.45, 2.75) is 58.3 Å². The molecule has 3 amide bonds. The van der Waals surface area contributed by atoms with Crippen molar-refractivity contribution in [1.82, 2.24) is 10.2 Å². The van der Waals surface area contributed by atoms with Crippen molar-refractivity contribution >= 4 is 23.4 Å². The predicted molar refractivity (Wildman–Crippen MR) is 127 cm³/mol. The molecule has 1 aromatic carbocycles. The van der Waals surface area contributed by atoms with Crippen molar-refractivity contribution in [3.8, 4) is 5.75 Å². The number of nitrogens with one attached hydrogen (secondary N) is 2. The number of rotatable bonds is 10. The van der Waals surface area contributed by atoms with Crippen LogP contribution in [0.3, 0.4) is 0 Å². The van der Waals surface area contributed by atoms with Gasteiger partial charge < -0.3 is 20.3 Å². The van der Waals surface area contributed by atoms with Crippen LogP contribution in [0.25, 0.3) is 0 Å². The molecule has 4 saturated carbocycles. The molecule has 33 heavy (non-hydrogen) atoms. The summed E-state index contributed by atoms with van der Waals surface area (Å²) < 4.78 is 5.11. The average molecular weight is 456 g/mol. The molecular formula is C26H37N3O4. The average Bonchev–Trinajstić information content (AvgIpc) is 2.79. The first-order valence-electron chi connectivity index (χ1n) is 12.4. The summed E-state index contributed by atoms with van der Waals surface area (Å²) in [6, 6.07) is 7.01. The third-order valence-electron chi connectivity index (χ3n) is 7.72. The predicted octanol–water partition coefficient (Wildman–Crippen LogP) is 3.60. The summed E-state index contributed by atoms with van der Waals surface area (Å²) in [4.78, 5) is 40.4. The molecule has 4 aliphatic carbocycles. The number of carbonyl (C=O) groups excluding carboxylic acids is 3. The Morgan fingerprint density at radius 3 is 2.15 bits per heavy atom. The van der Waals surface area contributed by atoms with E-state index in [0.29, 0.717) is 35.7 Å². The van der Waals surface area contributed by atoms with Crippen LogP contribution < -0.4 is 15.4 Å². The van der Waals surface area contributed by atoms with Crippen molar-refractivity contribution < 1.29 is 19.1 Å². The van der Waals surface area contributed by atoms with Crippen LogP contribution in [0.4, 0.5) is 5.69 Å². The highest BCUT2D eigenvalue weighted by Gasteiger charge is 2.55. The van der Waals surface area contributed by atoms with E-state index < -0.39 is 0 Å². The van der Waals surface area contributed by atoms with Crippen LogP contribution >= 0.6 is 0 Å². The van der Waals surface area contributed by atoms with Gasteiger partial charge in [0.15, 0.2) is 0 Å². The van der Waals surface area contributed by atoms with Crippen LogP contribution in [0.1, 0.15) is 58.3 Å². The summed E-state index contributed by atoms with van der Waals surface area (Å²) in [6.45, 7) is 2.59. The third kappa shape index (κ3) is 5.50. The van der Waals surface area contributed by atoms with Gasteiger partial charge in [-0.25, -0.2) is 0 Å². The Bertz CT molecular complexity index is 832. The molecule has 7 nitrogen and oxygen atoms in total. The molecule has 1 aromatic rings. The highest BCUT2D eigenvalue weighted by molar-refractivity contribution is 5.95. The fourth-order valence-electron chi connectivity index (χ4n) is 6.60. The molecule has 0 saturated heterocycles. The minimum atomic E-state index is -0.305. The minimum absolute atomic E-state index is 0.0242. The van der Waals surface area contributed by atoms with Gasteiger partial charge in [-0.2, -0.15) is 0 Å². The number of amides is 3. The summed E-state index contributed by atoms with van der Waals surface area (Å²) in [5.41, 5.74) is 0.380. The van der Waals surface area contributed by atoms with E-state index in [1.54, 1.807) is 36.3 Å². The fraction of sp³-hybridized carbons (Fsp3) is 0.654. The summed E-state index contributed by atoms with van der Waals surface area (Å²) in [5.74, 6) is 2.34. The smallest absolute Gasteiger partial charge is 0.243 e. The molecule has 0 heterocycles. The lowest BCUT2D eigenvalue weighted by molar-refractivity contribution is -0.159. The van der Waals surface area contributed by atoms with E-state index in [2.05, 4.69) is 17.6 Å². The van der Waals surface area contributed by atoms with Crippen LogP contribution in [0.5, 0.6) is 5.75 Å². The SMILES string of the molecule is CCCCN(CC(=O)NCC(=O)Nc1ccc(OC)cc1)C(=O)C12CC3CC(CC(C3)C1)C2. The summed E-state index contributed by atoms with van der Waals surface area (Å²) in [7, 11) is 1.58. The van der Waals surface area contributed by atoms with Gasteiger partial charge in [0.2, 0.25) is 17.7 Å². The molecule has 0 radical (unpaired) electrons. The molecule has 0 atom stereocenters. The second-order valence-electron chi connectivity index (χ2n) is 10.3. The van der Waals surface area contributed by atoms with Gasteiger partial charge in [0.25, 0.3) is 0 Å². The van der Waals surface area contributed by atoms with E-state index in [0.717, 1.165) is 32.1 Å². The second kappa shape index (κ2) is 10.1. The van der Waals surface area contributed by atoms with Crippen LogP contribution in [0, 0.1) is 23.2 Å². The topological polar surface area (TPSA) is 87.7 Å². The number of unbranched alkanes of at least 4 members (excludes halogenated alkanes) is 1. The van der Waals surface area contributed by atoms with Gasteiger partial charge in [-0.05, 0) is 87.0 Å². The van der Waals surface area contributed by atoms with Crippen molar-refractivity contribution in [3.63, 3.8) is 0 Å². The quantitative estimate of drug-likeness (QED) is 0.564. The van der Waals surface area contributed by atoms with E-state index in [-0.39, 0.29) is 36.2 Å². The number of benzene rings is 1. The molecule has 7 heteroatoms. The molecule has 0 aromatic heterocycles. The Hall–Kier alpha value is -2.57. The zero-order valence-electron chi connectivity index (χ0n) is 19.9. The first kappa shape index (κ1) is 23.6. The minimum Gasteiger partial charge on any atom is -0.497 e. The van der Waals surface area contributed by atoms with Crippen molar-refractivity contribution in [1.29, 1.82) is 0 Å². The maximum absolute atomic E-state index is 13.7. The van der Waals surface area contributed by atoms with Crippen LogP contribution in [0.2, 0.25) is 0 Å². The number of carbonyl (C=O) groups is 3. The maximum Gasteiger partial charge on any atom is 0.243 e. The third-order valence-corrected chi connectivity index (χ3v) is 7.72. The molecule has 0 unspecified atom stereocenters. The molecule has 4 aliphatic rings. The Kier molecular flexibility index (Phi) is 7.25. The number of hydrogen-bond donors (Lipinski definition) is 2. The van der Waals surface area contributed by atoms with Crippen molar-refractivity contribution in [2.24, 2.45) is 23.2 Å². The second-order valence-corrected chi connectivity index (χ2v) is 10.3. The summed E-state index contributed by atoms with van der Waals surface area (Å²) in [6.07, 6.45) is 8.67. The Labute approximate surface area is 196 Å². The monoisotopic (exact) mass is 455 g/mol. The number of ether oxygens (including phenoxy) is 1. The lowest BCUT2D eigenvalue weighted by Crippen LogP contribution is -2.56. The largest absolute Gasteiger partial charge is 0.497 e. The molecule has 0 spiro atoms. The maximum atomic E-state index is 13.7. The number of hydrogen-bond acceptors (Lipinski definition) is 4. The number of anilines is 1. The van der Waals surface area contributed by atoms with E-state index in [4.69, 9.17) is 4.74 Å². The molecule has 4 bridgehead atoms. The molecule has 0 aliphatic heterocycles. The Balaban J connectivity index is 1.31. The molecular weight excluding hydrogens is 418 g/mol. The molecule has 4 fully saturated rings. The van der Waals surface area contributed by atoms with E-state index in [9.17, 15) is 14.4 Å². The number of methoxy groups -OCH3 is 1. The molecule has 5 rings (SSSR count). The van der Waals surface area contributed by atoms with Crippen molar-refractivity contribution in [3.05, 3.63) is 24.3 Å². The van der Waals surface area contributed by atoms with E-state index in [1.807, 2.05) is 0 Å². The van der Waals surface area contributed by atoms with Crippen LogP contribution in [0.15, 0.2) is 24.3 Å². The van der Waals surface area contributed by atoms with E-state index in [1.165, 1.54) is 19.3 Å². The highest BCUT2D eigenvalue weighted by Crippen LogP contribution is 2.60. The number of nitrogens with zero attached hydrogens (tertiary/aromatic N) is 1. The van der Waals surface area contributed by atoms with Gasteiger partial charge in [-0.1, -0.05) is 13.3 Å². The van der Waals surface area contributed by atoms with Gasteiger partial charge >= 0.3 is 0 Å². The first-order chi connectivity index (χ1) is 15.9. The van der Waals surface area contributed by atoms with Gasteiger partial charge in [0.1, 0.15) is 5.75 Å². The first-order valence-corrected chi connectivity index (χ1v) is 12.4. The van der Waals surface area contributed by atoms with Gasteiger partial charge in [-0.3, -0.25) is 14.4 Å². The van der Waals surface area contributed by atoms with Crippen molar-refractivity contribution in [2.75, 3.05) is 32.1 Å². The van der Waals surface area contributed by atoms with Crippen LogP contribution in [-0.4, -0.2) is 49.4 Å². The lowest BCUT2D eigenvalue weighted by atomic mass is 9.49. The lowest BCUT2D eigenvalue weighted by Gasteiger charge is -2.56. The van der Waals surface area contributed by atoms with Crippen LogP contribution in [-0.2, 0) is 14.4 Å². The summed E-state index contributed by atoms with van der Waals surface area (Å²) >= 11 is 0. The van der Waals surface area contributed by atoms with E-state index >= 15 is 0 Å². The highest BCUT2D eigenvalue weighted by atomic mass is 16.5. The summed E-state index contributed by atoms with van der Waals surface area (Å²) in [5, 5.41) is 5.45. The van der Waals surface area contributed by atoms with Gasteiger partial charge in [0.05, 0.1) is 25.6 Å². The standard InChI is InChI=1S/C26H37N3O4/c1-3-4-9-29(25(32)26-13-18-10-19(14-26)12-20(11-18)15-26)17-24(31)27-16-23(30)28-21-5-7-22(33-2)8-6-21/h5-8,18-20H,3-4,9-17H2,1-2H3,(H,27,31)(H,28,30). The Morgan fingerprint density at radius 2 is 1.61 bits per heavy atom. The fourth-order valence-corrected chi connectivity index (χ4v) is 6.60. The van der Waals surface area contributed by atoms with Gasteiger partial charge in [0, 0.05) is 12.2 Å². The molecule has 180 valence electrons. The normalized spacial score (nSPS) is 27.2. The zero-order valence-corrected chi connectivity index (χ0v) is 19.9. The zero-order chi connectivity index (χ0) is 23.4. The molecule has 2 N–H and O–H groups in total.